The molecule has 3 aliphatic rings. The normalized spacial score (nSPS) is 15.7. The fourth-order valence-corrected chi connectivity index (χ4v) is 6.02. The fraction of sp³-hybridized carbons (Fsp3) is 0.206. The zero-order chi connectivity index (χ0) is 29.0. The van der Waals surface area contributed by atoms with Gasteiger partial charge in [0, 0.05) is 60.3 Å². The van der Waals surface area contributed by atoms with Crippen LogP contribution in [0.3, 0.4) is 0 Å². The summed E-state index contributed by atoms with van der Waals surface area (Å²) in [6, 6.07) is 14.5. The number of aryl methyl sites for hydroxylation is 1. The number of amides is 1. The number of phenolic OH excluding ortho intramolecular Hbond substituents is 1. The molecular formula is C34H28F2N4O2. The molecule has 0 radical (unpaired) electrons. The first-order valence-electron chi connectivity index (χ1n) is 14.2. The maximum absolute atomic E-state index is 14.3. The minimum Gasteiger partial charge on any atom is -0.505 e. The molecule has 0 atom stereocenters. The lowest BCUT2D eigenvalue weighted by Gasteiger charge is -2.20. The van der Waals surface area contributed by atoms with Crippen LogP contribution < -0.4 is 0 Å². The minimum atomic E-state index is -0.637. The summed E-state index contributed by atoms with van der Waals surface area (Å²) in [5.41, 5.74) is 9.85. The van der Waals surface area contributed by atoms with Gasteiger partial charge in [-0.05, 0) is 77.7 Å². The van der Waals surface area contributed by atoms with E-state index >= 15 is 0 Å². The molecule has 3 heterocycles. The van der Waals surface area contributed by atoms with E-state index in [1.807, 2.05) is 19.1 Å². The van der Waals surface area contributed by atoms with E-state index in [4.69, 9.17) is 9.98 Å². The first-order chi connectivity index (χ1) is 20.4. The molecule has 2 aliphatic heterocycles. The number of fused-ring (bicyclic) bond motifs is 4. The van der Waals surface area contributed by atoms with Gasteiger partial charge < -0.3 is 15.0 Å². The zero-order valence-corrected chi connectivity index (χ0v) is 23.0. The average molecular weight is 563 g/mol. The van der Waals surface area contributed by atoms with E-state index in [2.05, 4.69) is 23.2 Å². The second kappa shape index (κ2) is 10.2. The highest BCUT2D eigenvalue weighted by Gasteiger charge is 2.27. The Morgan fingerprint density at radius 3 is 2.64 bits per heavy atom. The van der Waals surface area contributed by atoms with Crippen molar-refractivity contribution in [2.45, 2.75) is 32.6 Å². The van der Waals surface area contributed by atoms with Crippen molar-refractivity contribution in [3.05, 3.63) is 112 Å². The number of imidazole rings is 1. The van der Waals surface area contributed by atoms with Crippen LogP contribution in [-0.4, -0.2) is 44.7 Å². The van der Waals surface area contributed by atoms with Crippen LogP contribution >= 0.6 is 0 Å². The predicted molar refractivity (Wildman–Crippen MR) is 159 cm³/mol. The number of rotatable bonds is 4. The van der Waals surface area contributed by atoms with Gasteiger partial charge in [0.05, 0.1) is 17.1 Å². The van der Waals surface area contributed by atoms with Crippen LogP contribution in [0.4, 0.5) is 14.5 Å². The molecule has 8 heteroatoms. The highest BCUT2D eigenvalue weighted by molar-refractivity contribution is 6.32. The Balaban J connectivity index is 1.13. The van der Waals surface area contributed by atoms with Crippen LogP contribution in [0, 0.1) is 11.6 Å². The molecule has 6 nitrogen and oxygen atoms in total. The van der Waals surface area contributed by atoms with Crippen molar-refractivity contribution in [2.75, 3.05) is 13.1 Å². The Hall–Kier alpha value is -4.85. The van der Waals surface area contributed by atoms with Crippen LogP contribution in [0.2, 0.25) is 0 Å². The van der Waals surface area contributed by atoms with Gasteiger partial charge in [-0.1, -0.05) is 19.1 Å². The Labute approximate surface area is 241 Å². The lowest BCUT2D eigenvalue weighted by molar-refractivity contribution is 0.0762. The number of aromatic amines is 1. The molecule has 1 aliphatic carbocycles. The zero-order valence-electron chi connectivity index (χ0n) is 23.0. The summed E-state index contributed by atoms with van der Waals surface area (Å²) in [6.07, 6.45) is 6.86. The molecule has 0 bridgehead atoms. The molecule has 1 aromatic heterocycles. The Morgan fingerprint density at radius 2 is 1.83 bits per heavy atom. The SMILES string of the molecule is CCc1cc(O)c(F)cc1-c1ccc2c(c1)C1=CC(c3nc4c([nH]3)CCN(C(=O)c3ccc(F)cc3)CC4)=CCC1=N2. The van der Waals surface area contributed by atoms with E-state index in [1.165, 1.54) is 36.4 Å². The number of phenols is 1. The molecule has 7 rings (SSSR count). The minimum absolute atomic E-state index is 0.104. The third-order valence-corrected chi connectivity index (χ3v) is 8.30. The van der Waals surface area contributed by atoms with Crippen LogP contribution in [0.1, 0.15) is 52.0 Å². The largest absolute Gasteiger partial charge is 0.505 e. The van der Waals surface area contributed by atoms with Gasteiger partial charge >= 0.3 is 0 Å². The second-order valence-corrected chi connectivity index (χ2v) is 10.8. The van der Waals surface area contributed by atoms with Gasteiger partial charge in [-0.3, -0.25) is 9.79 Å². The maximum atomic E-state index is 14.3. The molecule has 42 heavy (non-hydrogen) atoms. The highest BCUT2D eigenvalue weighted by Crippen LogP contribution is 2.43. The standard InChI is InChI=1S/C34H28F2N4O2/c1-2-19-17-32(41)27(36)18-24(19)21-5-9-28-25(15-21)26-16-22(6-10-29(26)37-28)33-38-30-11-13-40(14-12-31(30)39-33)34(42)20-3-7-23(35)8-4-20/h3-9,15-18,41H,2,10-14H2,1H3,(H,38,39). The number of aliphatic imine (C=N–C) groups is 1. The quantitative estimate of drug-likeness (QED) is 0.286. The number of hydrogen-bond acceptors (Lipinski definition) is 4. The summed E-state index contributed by atoms with van der Waals surface area (Å²) in [5.74, 6) is -0.645. The molecule has 0 saturated heterocycles. The monoisotopic (exact) mass is 562 g/mol. The molecule has 0 saturated carbocycles. The highest BCUT2D eigenvalue weighted by atomic mass is 19.1. The van der Waals surface area contributed by atoms with Crippen molar-refractivity contribution in [1.82, 2.24) is 14.9 Å². The Morgan fingerprint density at radius 1 is 1.02 bits per heavy atom. The number of aromatic hydroxyl groups is 1. The smallest absolute Gasteiger partial charge is 0.253 e. The predicted octanol–water partition coefficient (Wildman–Crippen LogP) is 6.82. The van der Waals surface area contributed by atoms with Gasteiger partial charge in [-0.25, -0.2) is 13.8 Å². The number of allylic oxidation sites excluding steroid dienone is 4. The lowest BCUT2D eigenvalue weighted by Crippen LogP contribution is -2.33. The molecule has 4 aromatic rings. The first kappa shape index (κ1) is 26.1. The van der Waals surface area contributed by atoms with E-state index in [-0.39, 0.29) is 17.5 Å². The molecule has 3 aromatic carbocycles. The summed E-state index contributed by atoms with van der Waals surface area (Å²) >= 11 is 0. The van der Waals surface area contributed by atoms with Gasteiger partial charge in [0.2, 0.25) is 0 Å². The molecule has 0 spiro atoms. The number of nitrogens with zero attached hydrogens (tertiary/aromatic N) is 3. The number of hydrogen-bond donors (Lipinski definition) is 2. The molecular weight excluding hydrogens is 534 g/mol. The van der Waals surface area contributed by atoms with Gasteiger partial charge in [-0.2, -0.15) is 0 Å². The number of benzene rings is 3. The molecule has 1 amide bonds. The van der Waals surface area contributed by atoms with Crippen molar-refractivity contribution in [2.24, 2.45) is 4.99 Å². The van der Waals surface area contributed by atoms with Crippen molar-refractivity contribution in [1.29, 1.82) is 0 Å². The number of carbonyl (C=O) groups is 1. The fourth-order valence-electron chi connectivity index (χ4n) is 6.02. The van der Waals surface area contributed by atoms with Crippen LogP contribution in [0.15, 0.2) is 71.7 Å². The van der Waals surface area contributed by atoms with Crippen molar-refractivity contribution < 1.29 is 18.7 Å². The average Bonchev–Trinajstić information content (AvgIpc) is 3.52. The van der Waals surface area contributed by atoms with Crippen molar-refractivity contribution in [3.63, 3.8) is 0 Å². The van der Waals surface area contributed by atoms with Crippen LogP contribution in [0.25, 0.3) is 22.3 Å². The first-order valence-corrected chi connectivity index (χ1v) is 14.2. The number of carbonyl (C=O) groups excluding carboxylic acids is 1. The van der Waals surface area contributed by atoms with Crippen LogP contribution in [0.5, 0.6) is 5.75 Å². The van der Waals surface area contributed by atoms with E-state index in [1.54, 1.807) is 4.90 Å². The number of nitrogens with one attached hydrogen (secondary N) is 1. The van der Waals surface area contributed by atoms with E-state index < -0.39 is 5.82 Å². The van der Waals surface area contributed by atoms with E-state index in [0.29, 0.717) is 44.3 Å². The van der Waals surface area contributed by atoms with Gasteiger partial charge in [0.25, 0.3) is 5.91 Å². The summed E-state index contributed by atoms with van der Waals surface area (Å²) in [6.45, 7) is 3.07. The summed E-state index contributed by atoms with van der Waals surface area (Å²) in [4.78, 5) is 28.0. The maximum Gasteiger partial charge on any atom is 0.253 e. The number of H-pyrrole nitrogens is 1. The van der Waals surface area contributed by atoms with Crippen molar-refractivity contribution >= 4 is 28.5 Å². The Kier molecular flexibility index (Phi) is 6.34. The molecule has 2 N–H and O–H groups in total. The van der Waals surface area contributed by atoms with Crippen LogP contribution in [-0.2, 0) is 19.3 Å². The van der Waals surface area contributed by atoms with Crippen molar-refractivity contribution in [3.8, 4) is 16.9 Å². The number of halogens is 2. The van der Waals surface area contributed by atoms with Gasteiger partial charge in [0.15, 0.2) is 11.6 Å². The summed E-state index contributed by atoms with van der Waals surface area (Å²) < 4.78 is 27.6. The van der Waals surface area contributed by atoms with E-state index in [0.717, 1.165) is 62.0 Å². The molecule has 0 unspecified atom stereocenters. The molecule has 210 valence electrons. The Bertz CT molecular complexity index is 1820. The van der Waals surface area contributed by atoms with Gasteiger partial charge in [-0.15, -0.1) is 0 Å². The lowest BCUT2D eigenvalue weighted by atomic mass is 9.90. The van der Waals surface area contributed by atoms with E-state index in [9.17, 15) is 18.7 Å². The topological polar surface area (TPSA) is 81.6 Å². The second-order valence-electron chi connectivity index (χ2n) is 10.8. The molecule has 0 fully saturated rings. The third-order valence-electron chi connectivity index (χ3n) is 8.30. The summed E-state index contributed by atoms with van der Waals surface area (Å²) in [7, 11) is 0. The third kappa shape index (κ3) is 4.53. The summed E-state index contributed by atoms with van der Waals surface area (Å²) in [5, 5.41) is 9.87. The number of aromatic nitrogens is 2. The van der Waals surface area contributed by atoms with Gasteiger partial charge in [0.1, 0.15) is 11.6 Å².